The van der Waals surface area contributed by atoms with Crippen molar-refractivity contribution in [2.24, 2.45) is 5.73 Å². The highest BCUT2D eigenvalue weighted by Gasteiger charge is 2.11. The number of primary amides is 1. The molecule has 144 valence electrons. The number of aryl methyl sites for hydroxylation is 2. The average Bonchev–Trinajstić information content (AvgIpc) is 3.15. The zero-order valence-corrected chi connectivity index (χ0v) is 16.5. The van der Waals surface area contributed by atoms with E-state index in [1.807, 2.05) is 22.8 Å². The van der Waals surface area contributed by atoms with Crippen molar-refractivity contribution < 1.29 is 9.59 Å². The predicted molar refractivity (Wildman–Crippen MR) is 108 cm³/mol. The minimum Gasteiger partial charge on any atom is -0.366 e. The Morgan fingerprint density at radius 3 is 2.71 bits per heavy atom. The van der Waals surface area contributed by atoms with E-state index in [4.69, 9.17) is 5.73 Å². The number of hydrogen-bond acceptors (Lipinski definition) is 5. The number of hydrogen-bond donors (Lipinski definition) is 2. The molecule has 0 bridgehead atoms. The van der Waals surface area contributed by atoms with Crippen molar-refractivity contribution in [1.82, 2.24) is 20.1 Å². The van der Waals surface area contributed by atoms with Crippen molar-refractivity contribution in [1.29, 1.82) is 0 Å². The molecule has 1 heterocycles. The Kier molecular flexibility index (Phi) is 6.10. The second-order valence-electron chi connectivity index (χ2n) is 6.38. The van der Waals surface area contributed by atoms with Crippen LogP contribution in [0.15, 0.2) is 53.9 Å². The van der Waals surface area contributed by atoms with Gasteiger partial charge in [0.2, 0.25) is 11.8 Å². The minimum absolute atomic E-state index is 0.135. The van der Waals surface area contributed by atoms with Crippen LogP contribution in [-0.4, -0.2) is 32.3 Å². The molecular formula is C20H21N5O2S. The van der Waals surface area contributed by atoms with Gasteiger partial charge < -0.3 is 11.1 Å². The molecule has 0 spiro atoms. The van der Waals surface area contributed by atoms with E-state index in [0.717, 1.165) is 11.3 Å². The van der Waals surface area contributed by atoms with E-state index in [-0.39, 0.29) is 11.7 Å². The average molecular weight is 395 g/mol. The normalized spacial score (nSPS) is 10.6. The summed E-state index contributed by atoms with van der Waals surface area (Å²) in [6.07, 6.45) is 1.64. The van der Waals surface area contributed by atoms with Gasteiger partial charge in [-0.3, -0.25) is 14.2 Å². The maximum atomic E-state index is 12.2. The third-order valence-corrected chi connectivity index (χ3v) is 5.26. The molecule has 0 aliphatic rings. The summed E-state index contributed by atoms with van der Waals surface area (Å²) < 4.78 is 1.86. The number of amides is 2. The minimum atomic E-state index is -0.491. The van der Waals surface area contributed by atoms with Crippen LogP contribution in [0.5, 0.6) is 0 Å². The first-order chi connectivity index (χ1) is 13.4. The molecule has 2 aromatic carbocycles. The SMILES string of the molecule is Cc1ccc(-n2cnnc2SCC(=O)NCc2cccc(C(N)=O)c2)cc1C. The Labute approximate surface area is 167 Å². The monoisotopic (exact) mass is 395 g/mol. The van der Waals surface area contributed by atoms with Gasteiger partial charge in [-0.05, 0) is 54.8 Å². The topological polar surface area (TPSA) is 103 Å². The molecule has 3 aromatic rings. The maximum Gasteiger partial charge on any atom is 0.248 e. The first-order valence-corrected chi connectivity index (χ1v) is 9.68. The number of nitrogens with one attached hydrogen (secondary N) is 1. The third-order valence-electron chi connectivity index (χ3n) is 4.32. The quantitative estimate of drug-likeness (QED) is 0.598. The zero-order valence-electron chi connectivity index (χ0n) is 15.7. The van der Waals surface area contributed by atoms with E-state index >= 15 is 0 Å². The summed E-state index contributed by atoms with van der Waals surface area (Å²) in [5.74, 6) is -0.419. The van der Waals surface area contributed by atoms with Crippen LogP contribution in [-0.2, 0) is 11.3 Å². The summed E-state index contributed by atoms with van der Waals surface area (Å²) in [5, 5.41) is 11.6. The van der Waals surface area contributed by atoms with E-state index in [1.54, 1.807) is 24.5 Å². The third kappa shape index (κ3) is 4.77. The summed E-state index contributed by atoms with van der Waals surface area (Å²) in [6.45, 7) is 4.44. The number of benzene rings is 2. The molecule has 0 aliphatic heterocycles. The highest BCUT2D eigenvalue weighted by molar-refractivity contribution is 7.99. The van der Waals surface area contributed by atoms with E-state index in [1.165, 1.54) is 22.9 Å². The van der Waals surface area contributed by atoms with Crippen LogP contribution in [0.1, 0.15) is 27.0 Å². The van der Waals surface area contributed by atoms with Gasteiger partial charge in [-0.1, -0.05) is 30.0 Å². The second-order valence-corrected chi connectivity index (χ2v) is 7.32. The molecule has 7 nitrogen and oxygen atoms in total. The molecule has 28 heavy (non-hydrogen) atoms. The summed E-state index contributed by atoms with van der Waals surface area (Å²) in [4.78, 5) is 23.4. The Bertz CT molecular complexity index is 1020. The van der Waals surface area contributed by atoms with E-state index in [9.17, 15) is 9.59 Å². The summed E-state index contributed by atoms with van der Waals surface area (Å²) >= 11 is 1.31. The fraction of sp³-hybridized carbons (Fsp3) is 0.200. The van der Waals surface area contributed by atoms with Gasteiger partial charge in [0.25, 0.3) is 0 Å². The van der Waals surface area contributed by atoms with Crippen LogP contribution in [0, 0.1) is 13.8 Å². The fourth-order valence-corrected chi connectivity index (χ4v) is 3.35. The standard InChI is InChI=1S/C20H21N5O2S/c1-13-6-7-17(8-14(13)2)25-12-23-24-20(25)28-11-18(26)22-10-15-4-3-5-16(9-15)19(21)27/h3-9,12H,10-11H2,1-2H3,(H2,21,27)(H,22,26). The Balaban J connectivity index is 1.58. The molecule has 0 atom stereocenters. The van der Waals surface area contributed by atoms with Gasteiger partial charge in [-0.2, -0.15) is 0 Å². The molecule has 0 aliphatic carbocycles. The van der Waals surface area contributed by atoms with Gasteiger partial charge in [0.05, 0.1) is 5.75 Å². The molecule has 8 heteroatoms. The number of rotatable bonds is 7. The van der Waals surface area contributed by atoms with Gasteiger partial charge in [0.15, 0.2) is 5.16 Å². The molecule has 2 amide bonds. The molecule has 0 saturated carbocycles. The largest absolute Gasteiger partial charge is 0.366 e. The molecule has 0 unspecified atom stereocenters. The van der Waals surface area contributed by atoms with Gasteiger partial charge in [-0.15, -0.1) is 10.2 Å². The molecular weight excluding hydrogens is 374 g/mol. The smallest absolute Gasteiger partial charge is 0.248 e. The summed E-state index contributed by atoms with van der Waals surface area (Å²) in [5.41, 5.74) is 9.86. The summed E-state index contributed by atoms with van der Waals surface area (Å²) in [6, 6.07) is 13.0. The van der Waals surface area contributed by atoms with Crippen LogP contribution in [0.2, 0.25) is 0 Å². The molecule has 1 aromatic heterocycles. The van der Waals surface area contributed by atoms with E-state index < -0.39 is 5.91 Å². The first-order valence-electron chi connectivity index (χ1n) is 8.70. The Morgan fingerprint density at radius 2 is 1.96 bits per heavy atom. The van der Waals surface area contributed by atoms with Crippen LogP contribution in [0.3, 0.4) is 0 Å². The van der Waals surface area contributed by atoms with Crippen LogP contribution in [0.25, 0.3) is 5.69 Å². The summed E-state index contributed by atoms with van der Waals surface area (Å²) in [7, 11) is 0. The van der Waals surface area contributed by atoms with E-state index in [2.05, 4.69) is 35.4 Å². The molecule has 0 saturated heterocycles. The van der Waals surface area contributed by atoms with Gasteiger partial charge in [0, 0.05) is 17.8 Å². The number of carbonyl (C=O) groups excluding carboxylic acids is 2. The second kappa shape index (κ2) is 8.71. The lowest BCUT2D eigenvalue weighted by Crippen LogP contribution is -2.25. The number of aromatic nitrogens is 3. The van der Waals surface area contributed by atoms with Crippen molar-refractivity contribution in [3.63, 3.8) is 0 Å². The Hall–Kier alpha value is -3.13. The van der Waals surface area contributed by atoms with Crippen LogP contribution in [0.4, 0.5) is 0 Å². The zero-order chi connectivity index (χ0) is 20.1. The van der Waals surface area contributed by atoms with Crippen molar-refractivity contribution >= 4 is 23.6 Å². The van der Waals surface area contributed by atoms with Crippen molar-refractivity contribution in [3.05, 3.63) is 71.0 Å². The maximum absolute atomic E-state index is 12.2. The molecule has 3 N–H and O–H groups in total. The fourth-order valence-electron chi connectivity index (χ4n) is 2.59. The van der Waals surface area contributed by atoms with E-state index in [0.29, 0.717) is 17.3 Å². The number of nitrogens with two attached hydrogens (primary N) is 1. The Morgan fingerprint density at radius 1 is 1.14 bits per heavy atom. The molecule has 0 radical (unpaired) electrons. The number of nitrogens with zero attached hydrogens (tertiary/aromatic N) is 3. The predicted octanol–water partition coefficient (Wildman–Crippen LogP) is 2.39. The van der Waals surface area contributed by atoms with Gasteiger partial charge in [0.1, 0.15) is 6.33 Å². The lowest BCUT2D eigenvalue weighted by molar-refractivity contribution is -0.118. The van der Waals surface area contributed by atoms with Crippen molar-refractivity contribution in [2.75, 3.05) is 5.75 Å². The number of carbonyl (C=O) groups is 2. The van der Waals surface area contributed by atoms with Gasteiger partial charge in [-0.25, -0.2) is 0 Å². The molecule has 0 fully saturated rings. The highest BCUT2D eigenvalue weighted by atomic mass is 32.2. The first kappa shape index (κ1) is 19.6. The lowest BCUT2D eigenvalue weighted by Gasteiger charge is -2.09. The van der Waals surface area contributed by atoms with Crippen molar-refractivity contribution in [3.8, 4) is 5.69 Å². The molecule has 3 rings (SSSR count). The van der Waals surface area contributed by atoms with Gasteiger partial charge >= 0.3 is 0 Å². The van der Waals surface area contributed by atoms with Crippen LogP contribution < -0.4 is 11.1 Å². The van der Waals surface area contributed by atoms with Crippen molar-refractivity contribution in [2.45, 2.75) is 25.5 Å². The highest BCUT2D eigenvalue weighted by Crippen LogP contribution is 2.21. The van der Waals surface area contributed by atoms with Crippen LogP contribution >= 0.6 is 11.8 Å². The lowest BCUT2D eigenvalue weighted by atomic mass is 10.1. The number of thioether (sulfide) groups is 1.